The fourth-order valence-electron chi connectivity index (χ4n) is 0. The zero-order valence-electron chi connectivity index (χ0n) is 2.76. The van der Waals surface area contributed by atoms with Gasteiger partial charge in [0.15, 0.2) is 0 Å². The molecule has 0 radical (unpaired) electrons. The van der Waals surface area contributed by atoms with Crippen LogP contribution in [0.25, 0.3) is 0 Å². The van der Waals surface area contributed by atoms with Crippen molar-refractivity contribution in [2.45, 2.75) is 0 Å². The molecule has 0 aromatic heterocycles. The van der Waals surface area contributed by atoms with Crippen LogP contribution in [0.2, 0.25) is 0 Å². The monoisotopic (exact) mass is 93.0 g/mol. The summed E-state index contributed by atoms with van der Waals surface area (Å²) in [6.07, 6.45) is 0. The molecular weight excluding hydrogens is 89.0 g/mol. The predicted octanol–water partition coefficient (Wildman–Crippen LogP) is 0.857. The van der Waals surface area contributed by atoms with Crippen molar-refractivity contribution in [1.29, 1.82) is 0 Å². The first-order chi connectivity index (χ1) is 2.27. The van der Waals surface area contributed by atoms with Crippen LogP contribution in [0.15, 0.2) is 4.95 Å². The van der Waals surface area contributed by atoms with Gasteiger partial charge in [-0.15, -0.1) is 4.91 Å². The van der Waals surface area contributed by atoms with Gasteiger partial charge in [-0.3, -0.25) is 4.57 Å². The molecular formula is CH4NO2P. The Kier molecular flexibility index (Phi) is 2.02. The quantitative estimate of drug-likeness (QED) is 0.356. The lowest BCUT2D eigenvalue weighted by atomic mass is 12.0. The third kappa shape index (κ3) is 3.83. The van der Waals surface area contributed by atoms with Crippen LogP contribution in [0, 0.1) is 4.91 Å². The molecule has 0 aliphatic rings. The third-order valence-electron chi connectivity index (χ3n) is 0.129. The van der Waals surface area contributed by atoms with Crippen LogP contribution < -0.4 is 0 Å². The van der Waals surface area contributed by atoms with Gasteiger partial charge < -0.3 is 0 Å². The van der Waals surface area contributed by atoms with Crippen LogP contribution in [0.4, 0.5) is 0 Å². The molecule has 0 spiro atoms. The second-order valence-corrected chi connectivity index (χ2v) is 1.83. The fourth-order valence-corrected chi connectivity index (χ4v) is 0. The molecule has 0 aliphatic heterocycles. The van der Waals surface area contributed by atoms with Gasteiger partial charge in [0.1, 0.15) is 0 Å². The fraction of sp³-hybridized carbons (Fsp3) is 1.00. The van der Waals surface area contributed by atoms with Crippen molar-refractivity contribution in [2.75, 3.05) is 6.66 Å². The zero-order valence-corrected chi connectivity index (χ0v) is 3.76. The molecule has 0 N–H and O–H groups in total. The highest BCUT2D eigenvalue weighted by molar-refractivity contribution is 7.41. The molecule has 0 bridgehead atoms. The summed E-state index contributed by atoms with van der Waals surface area (Å²) in [5.74, 6) is 0. The maximum absolute atomic E-state index is 9.52. The van der Waals surface area contributed by atoms with Crippen molar-refractivity contribution >= 4 is 7.95 Å². The second-order valence-electron chi connectivity index (χ2n) is 0.610. The van der Waals surface area contributed by atoms with Crippen molar-refractivity contribution in [3.8, 4) is 0 Å². The molecule has 3 nitrogen and oxygen atoms in total. The minimum Gasteiger partial charge on any atom is -0.299 e. The summed E-state index contributed by atoms with van der Waals surface area (Å²) in [5, 5.41) is 0. The Morgan fingerprint density at radius 2 is 2.00 bits per heavy atom. The summed E-state index contributed by atoms with van der Waals surface area (Å²) < 4.78 is 9.52. The first-order valence-corrected chi connectivity index (χ1v) is 2.97. The van der Waals surface area contributed by atoms with E-state index in [4.69, 9.17) is 4.91 Å². The summed E-state index contributed by atoms with van der Waals surface area (Å²) >= 11 is 0. The van der Waals surface area contributed by atoms with E-state index in [1.54, 1.807) is 0 Å². The van der Waals surface area contributed by atoms with Crippen molar-refractivity contribution in [2.24, 2.45) is 4.95 Å². The minimum absolute atomic E-state index is 1.29. The smallest absolute Gasteiger partial charge is 0.219 e. The Labute approximate surface area is 30.2 Å². The van der Waals surface area contributed by atoms with Crippen molar-refractivity contribution < 1.29 is 4.57 Å². The normalized spacial score (nSPS) is 13.8. The Morgan fingerprint density at radius 3 is 2.00 bits per heavy atom. The highest BCUT2D eigenvalue weighted by Gasteiger charge is 1.73. The number of hydrogen-bond donors (Lipinski definition) is 0. The lowest BCUT2D eigenvalue weighted by molar-refractivity contribution is 0.592. The summed E-state index contributed by atoms with van der Waals surface area (Å²) in [6.45, 7) is 1.29. The van der Waals surface area contributed by atoms with E-state index in [0.717, 1.165) is 0 Å². The molecule has 0 aromatic carbocycles. The average molecular weight is 93.0 g/mol. The van der Waals surface area contributed by atoms with E-state index in [2.05, 4.69) is 4.95 Å². The number of rotatable bonds is 1. The molecule has 1 atom stereocenters. The summed E-state index contributed by atoms with van der Waals surface area (Å²) in [7, 11) is -2.05. The van der Waals surface area contributed by atoms with Gasteiger partial charge in [0.2, 0.25) is 7.95 Å². The Bertz CT molecular complexity index is 60.7. The summed E-state index contributed by atoms with van der Waals surface area (Å²) in [6, 6.07) is 0. The van der Waals surface area contributed by atoms with Crippen LogP contribution in [0.1, 0.15) is 0 Å². The molecule has 5 heavy (non-hydrogen) atoms. The summed E-state index contributed by atoms with van der Waals surface area (Å²) in [4.78, 5) is 11.2. The first kappa shape index (κ1) is 4.83. The number of nitrogens with zero attached hydrogens (tertiary/aromatic N) is 1. The van der Waals surface area contributed by atoms with Gasteiger partial charge in [-0.2, -0.15) is 0 Å². The first-order valence-electron chi connectivity index (χ1n) is 1.11. The van der Waals surface area contributed by atoms with Crippen LogP contribution in [0.5, 0.6) is 0 Å². The largest absolute Gasteiger partial charge is 0.299 e. The minimum atomic E-state index is -2.05. The maximum Gasteiger partial charge on any atom is 0.219 e. The zero-order chi connectivity index (χ0) is 4.28. The highest BCUT2D eigenvalue weighted by Crippen LogP contribution is 2.11. The highest BCUT2D eigenvalue weighted by atomic mass is 31.1. The number of hydrogen-bond acceptors (Lipinski definition) is 2. The van der Waals surface area contributed by atoms with E-state index in [1.807, 2.05) is 0 Å². The van der Waals surface area contributed by atoms with Crippen LogP contribution in [-0.2, 0) is 4.57 Å². The van der Waals surface area contributed by atoms with E-state index in [-0.39, 0.29) is 0 Å². The molecule has 0 saturated heterocycles. The van der Waals surface area contributed by atoms with Crippen LogP contribution in [-0.4, -0.2) is 6.66 Å². The van der Waals surface area contributed by atoms with Gasteiger partial charge in [0.25, 0.3) is 0 Å². The molecule has 0 aliphatic carbocycles. The second kappa shape index (κ2) is 2.09. The Hall–Kier alpha value is -0.170. The van der Waals surface area contributed by atoms with Gasteiger partial charge >= 0.3 is 0 Å². The molecule has 0 amide bonds. The van der Waals surface area contributed by atoms with E-state index >= 15 is 0 Å². The molecule has 0 rings (SSSR count). The lowest BCUT2D eigenvalue weighted by Gasteiger charge is -1.60. The molecule has 1 unspecified atom stereocenters. The number of nitroso groups, excluding NO2 is 1. The van der Waals surface area contributed by atoms with E-state index in [0.29, 0.717) is 0 Å². The SMILES string of the molecule is C[PH](=O)N=O. The summed E-state index contributed by atoms with van der Waals surface area (Å²) in [5.41, 5.74) is 0. The topological polar surface area (TPSA) is 46.5 Å². The van der Waals surface area contributed by atoms with Crippen LogP contribution in [0.3, 0.4) is 0 Å². The van der Waals surface area contributed by atoms with Crippen molar-refractivity contribution in [1.82, 2.24) is 0 Å². The van der Waals surface area contributed by atoms with Gasteiger partial charge in [-0.05, 0) is 4.95 Å². The predicted molar refractivity (Wildman–Crippen MR) is 20.7 cm³/mol. The van der Waals surface area contributed by atoms with Gasteiger partial charge in [-0.25, -0.2) is 0 Å². The molecule has 0 saturated carbocycles. The molecule has 4 heteroatoms. The van der Waals surface area contributed by atoms with E-state index < -0.39 is 7.95 Å². The molecule has 0 heterocycles. The van der Waals surface area contributed by atoms with Gasteiger partial charge in [0, 0.05) is 6.66 Å². The molecule has 0 aromatic rings. The Morgan fingerprint density at radius 1 is 1.80 bits per heavy atom. The van der Waals surface area contributed by atoms with Crippen molar-refractivity contribution in [3.05, 3.63) is 4.91 Å². The van der Waals surface area contributed by atoms with Crippen molar-refractivity contribution in [3.63, 3.8) is 0 Å². The van der Waals surface area contributed by atoms with Crippen LogP contribution >= 0.6 is 7.95 Å². The van der Waals surface area contributed by atoms with E-state index in [9.17, 15) is 4.57 Å². The maximum atomic E-state index is 9.52. The van der Waals surface area contributed by atoms with E-state index in [1.165, 1.54) is 6.66 Å². The average Bonchev–Trinajstić information content (AvgIpc) is 1.38. The molecule has 0 fully saturated rings. The van der Waals surface area contributed by atoms with Gasteiger partial charge in [0.05, 0.1) is 0 Å². The molecule has 30 valence electrons. The standard InChI is InChI=1S/CH4NO2P/c1-5(4)2-3/h5H,1H3. The Balaban J connectivity index is 3.20. The van der Waals surface area contributed by atoms with Gasteiger partial charge in [-0.1, -0.05) is 0 Å². The third-order valence-corrected chi connectivity index (χ3v) is 0.386. The lowest BCUT2D eigenvalue weighted by Crippen LogP contribution is -1.32.